The number of rotatable bonds is 4. The second-order valence-corrected chi connectivity index (χ2v) is 8.54. The summed E-state index contributed by atoms with van der Waals surface area (Å²) in [4.78, 5) is 29.5. The first kappa shape index (κ1) is 19.4. The number of fused-ring (bicyclic) bond motifs is 1. The van der Waals surface area contributed by atoms with Crippen molar-refractivity contribution < 1.29 is 14.3 Å². The van der Waals surface area contributed by atoms with Crippen molar-refractivity contribution in [2.45, 2.75) is 38.1 Å². The van der Waals surface area contributed by atoms with Crippen molar-refractivity contribution in [3.63, 3.8) is 0 Å². The monoisotopic (exact) mass is 414 g/mol. The van der Waals surface area contributed by atoms with Gasteiger partial charge < -0.3 is 24.8 Å². The quantitative estimate of drug-likeness (QED) is 0.801. The van der Waals surface area contributed by atoms with E-state index in [1.54, 1.807) is 6.07 Å². The van der Waals surface area contributed by atoms with E-state index < -0.39 is 17.2 Å². The van der Waals surface area contributed by atoms with Crippen LogP contribution in [0, 0.1) is 5.82 Å². The molecular weight excluding hydrogens is 387 g/mol. The number of pyridine rings is 1. The molecule has 0 spiro atoms. The number of carbonyl (C=O) groups is 1. The Morgan fingerprint density at radius 2 is 1.73 bits per heavy atom. The van der Waals surface area contributed by atoms with E-state index in [-0.39, 0.29) is 17.0 Å². The fourth-order valence-electron chi connectivity index (χ4n) is 4.86. The van der Waals surface area contributed by atoms with Crippen LogP contribution < -0.4 is 20.5 Å². The fourth-order valence-corrected chi connectivity index (χ4v) is 4.86. The Morgan fingerprint density at radius 1 is 1.03 bits per heavy atom. The zero-order chi connectivity index (χ0) is 20.8. The molecule has 2 aromatic rings. The van der Waals surface area contributed by atoms with E-state index in [2.05, 4.69) is 10.2 Å². The van der Waals surface area contributed by atoms with Crippen molar-refractivity contribution in [1.82, 2.24) is 9.88 Å². The van der Waals surface area contributed by atoms with Gasteiger partial charge in [-0.2, -0.15) is 0 Å². The number of hydrogen-bond acceptors (Lipinski definition) is 5. The zero-order valence-corrected chi connectivity index (χ0v) is 17.0. The maximum Gasteiger partial charge on any atom is 0.343 e. The Labute approximate surface area is 174 Å². The Bertz CT molecular complexity index is 1050. The molecule has 2 aliphatic heterocycles. The van der Waals surface area contributed by atoms with E-state index in [4.69, 9.17) is 0 Å². The first-order valence-corrected chi connectivity index (χ1v) is 10.9. The number of aromatic carboxylic acids is 1. The lowest BCUT2D eigenvalue weighted by Gasteiger charge is -2.34. The van der Waals surface area contributed by atoms with E-state index in [0.29, 0.717) is 30.1 Å². The Morgan fingerprint density at radius 3 is 2.37 bits per heavy atom. The minimum Gasteiger partial charge on any atom is -0.477 e. The van der Waals surface area contributed by atoms with Gasteiger partial charge in [-0.1, -0.05) is 0 Å². The number of nitrogens with one attached hydrogen (secondary N) is 1. The third kappa shape index (κ3) is 3.23. The number of carboxylic acids is 1. The third-order valence-electron chi connectivity index (χ3n) is 6.49. The maximum absolute atomic E-state index is 15.1. The van der Waals surface area contributed by atoms with Gasteiger partial charge in [0.1, 0.15) is 17.2 Å². The van der Waals surface area contributed by atoms with Gasteiger partial charge in [0.15, 0.2) is 0 Å². The van der Waals surface area contributed by atoms with Crippen LogP contribution in [0.15, 0.2) is 16.9 Å². The van der Waals surface area contributed by atoms with Gasteiger partial charge in [0.2, 0.25) is 5.43 Å². The first-order valence-electron chi connectivity index (χ1n) is 10.9. The largest absolute Gasteiger partial charge is 0.477 e. The van der Waals surface area contributed by atoms with Crippen molar-refractivity contribution in [3.8, 4) is 0 Å². The number of hydrogen-bond donors (Lipinski definition) is 2. The van der Waals surface area contributed by atoms with E-state index in [0.717, 1.165) is 58.3 Å². The molecule has 1 saturated carbocycles. The second-order valence-electron chi connectivity index (χ2n) is 8.54. The van der Waals surface area contributed by atoms with Crippen molar-refractivity contribution in [3.05, 3.63) is 33.7 Å². The van der Waals surface area contributed by atoms with Crippen LogP contribution in [0.1, 0.15) is 48.5 Å². The second kappa shape index (κ2) is 7.58. The predicted octanol–water partition coefficient (Wildman–Crippen LogP) is 2.57. The van der Waals surface area contributed by atoms with Gasteiger partial charge in [0.05, 0.1) is 11.2 Å². The average Bonchev–Trinajstić information content (AvgIpc) is 3.59. The maximum atomic E-state index is 15.1. The summed E-state index contributed by atoms with van der Waals surface area (Å²) in [6, 6.07) is 3.18. The van der Waals surface area contributed by atoms with Gasteiger partial charge in [-0.05, 0) is 44.2 Å². The molecule has 5 rings (SSSR count). The SMILES string of the molecule is O=C(O)c1c(N2CCCCC2)n(C2CC2)c2cc(N3CCNCC3)c(F)cc2c1=O. The molecule has 2 saturated heterocycles. The van der Waals surface area contributed by atoms with Crippen molar-refractivity contribution >= 4 is 28.4 Å². The summed E-state index contributed by atoms with van der Waals surface area (Å²) in [6.07, 6.45) is 4.95. The molecule has 8 heteroatoms. The van der Waals surface area contributed by atoms with Gasteiger partial charge in [-0.15, -0.1) is 0 Å². The molecule has 0 unspecified atom stereocenters. The van der Waals surface area contributed by atoms with Gasteiger partial charge in [-0.3, -0.25) is 4.79 Å². The van der Waals surface area contributed by atoms with Crippen LogP contribution in [0.25, 0.3) is 10.9 Å². The van der Waals surface area contributed by atoms with Crippen LogP contribution in [0.2, 0.25) is 0 Å². The summed E-state index contributed by atoms with van der Waals surface area (Å²) in [5, 5.41) is 13.4. The molecular formula is C22H27FN4O3. The number of carboxylic acid groups (broad SMARTS) is 1. The number of anilines is 2. The van der Waals surface area contributed by atoms with Crippen LogP contribution in [-0.4, -0.2) is 54.9 Å². The molecule has 1 aromatic carbocycles. The molecule has 0 radical (unpaired) electrons. The Kier molecular flexibility index (Phi) is 4.89. The van der Waals surface area contributed by atoms with Crippen molar-refractivity contribution in [1.29, 1.82) is 0 Å². The van der Waals surface area contributed by atoms with Gasteiger partial charge in [-0.25, -0.2) is 9.18 Å². The van der Waals surface area contributed by atoms with Crippen LogP contribution >= 0.6 is 0 Å². The summed E-state index contributed by atoms with van der Waals surface area (Å²) < 4.78 is 17.1. The normalized spacial score (nSPS) is 20.0. The molecule has 160 valence electrons. The number of halogens is 1. The zero-order valence-electron chi connectivity index (χ0n) is 17.0. The topological polar surface area (TPSA) is 77.8 Å². The molecule has 1 aromatic heterocycles. The number of nitrogens with zero attached hydrogens (tertiary/aromatic N) is 3. The highest BCUT2D eigenvalue weighted by Gasteiger charge is 2.34. The lowest BCUT2D eigenvalue weighted by atomic mass is 10.1. The summed E-state index contributed by atoms with van der Waals surface area (Å²) in [5.74, 6) is -1.19. The molecule has 7 nitrogen and oxygen atoms in total. The van der Waals surface area contributed by atoms with E-state index >= 15 is 4.39 Å². The van der Waals surface area contributed by atoms with Gasteiger partial charge in [0, 0.05) is 50.7 Å². The fraction of sp³-hybridized carbons (Fsp3) is 0.545. The van der Waals surface area contributed by atoms with Gasteiger partial charge in [0.25, 0.3) is 0 Å². The number of piperazine rings is 1. The van der Waals surface area contributed by atoms with E-state index in [1.165, 1.54) is 6.07 Å². The van der Waals surface area contributed by atoms with E-state index in [1.807, 2.05) is 9.47 Å². The number of piperidine rings is 1. The van der Waals surface area contributed by atoms with Crippen LogP contribution in [-0.2, 0) is 0 Å². The van der Waals surface area contributed by atoms with Crippen LogP contribution in [0.4, 0.5) is 15.9 Å². The summed E-state index contributed by atoms with van der Waals surface area (Å²) in [5.41, 5.74) is 0.347. The molecule has 0 bridgehead atoms. The first-order chi connectivity index (χ1) is 14.6. The van der Waals surface area contributed by atoms with Crippen molar-refractivity contribution in [2.75, 3.05) is 49.1 Å². The molecule has 0 atom stereocenters. The minimum atomic E-state index is -1.23. The van der Waals surface area contributed by atoms with Crippen molar-refractivity contribution in [2.24, 2.45) is 0 Å². The third-order valence-corrected chi connectivity index (χ3v) is 6.49. The molecule has 3 aliphatic rings. The summed E-state index contributed by atoms with van der Waals surface area (Å²) in [7, 11) is 0. The van der Waals surface area contributed by atoms with Crippen LogP contribution in [0.3, 0.4) is 0 Å². The van der Waals surface area contributed by atoms with E-state index in [9.17, 15) is 14.7 Å². The highest BCUT2D eigenvalue weighted by molar-refractivity contribution is 5.99. The molecule has 30 heavy (non-hydrogen) atoms. The summed E-state index contributed by atoms with van der Waals surface area (Å²) in [6.45, 7) is 4.44. The average molecular weight is 414 g/mol. The molecule has 3 fully saturated rings. The Hall–Kier alpha value is -2.61. The lowest BCUT2D eigenvalue weighted by Crippen LogP contribution is -2.44. The summed E-state index contributed by atoms with van der Waals surface area (Å²) >= 11 is 0. The highest BCUT2D eigenvalue weighted by Crippen LogP contribution is 2.43. The molecule has 1 aliphatic carbocycles. The highest BCUT2D eigenvalue weighted by atomic mass is 19.1. The Balaban J connectivity index is 1.79. The standard InChI is InChI=1S/C22H27FN4O3/c23-16-12-15-17(13-18(16)25-10-6-24-7-11-25)27(14-4-5-14)21(19(20(15)28)22(29)30)26-8-2-1-3-9-26/h12-14,24H,1-11H2,(H,29,30). The number of benzene rings is 1. The molecule has 0 amide bonds. The molecule has 2 N–H and O–H groups in total. The molecule has 3 heterocycles. The van der Waals surface area contributed by atoms with Crippen LogP contribution in [0.5, 0.6) is 0 Å². The lowest BCUT2D eigenvalue weighted by molar-refractivity contribution is 0.0695. The minimum absolute atomic E-state index is 0.157. The number of aromatic nitrogens is 1. The smallest absolute Gasteiger partial charge is 0.343 e. The van der Waals surface area contributed by atoms with Gasteiger partial charge >= 0.3 is 5.97 Å². The predicted molar refractivity (Wildman–Crippen MR) is 115 cm³/mol.